The molecule has 0 bridgehead atoms. The average molecular weight is 164 g/mol. The van der Waals surface area contributed by atoms with Crippen LogP contribution >= 0.6 is 0 Å². The second-order valence-corrected chi connectivity index (χ2v) is 2.24. The van der Waals surface area contributed by atoms with Gasteiger partial charge < -0.3 is 5.21 Å². The first-order chi connectivity index (χ1) is 5.75. The molecule has 0 saturated carbocycles. The quantitative estimate of drug-likeness (QED) is 0.308. The van der Waals surface area contributed by atoms with E-state index >= 15 is 0 Å². The molecule has 4 nitrogen and oxygen atoms in total. The van der Waals surface area contributed by atoms with Crippen LogP contribution in [0.2, 0.25) is 0 Å². The van der Waals surface area contributed by atoms with Crippen LogP contribution in [0.4, 0.5) is 0 Å². The van der Waals surface area contributed by atoms with Crippen molar-refractivity contribution in [3.63, 3.8) is 0 Å². The zero-order chi connectivity index (χ0) is 8.97. The minimum absolute atomic E-state index is 0.0991. The van der Waals surface area contributed by atoms with Gasteiger partial charge in [0, 0.05) is 11.8 Å². The topological polar surface area (TPSA) is 62.5 Å². The lowest BCUT2D eigenvalue weighted by Gasteiger charge is -1.97. The van der Waals surface area contributed by atoms with Gasteiger partial charge in [-0.1, -0.05) is 5.16 Å². The van der Waals surface area contributed by atoms with Gasteiger partial charge in [0.2, 0.25) is 0 Å². The number of Topliss-reactive ketones (excluding diaryl/α,β-unsaturated/α-hetero) is 1. The molecule has 1 aromatic rings. The van der Waals surface area contributed by atoms with Crippen LogP contribution in [0, 0.1) is 0 Å². The number of hydrogen-bond donors (Lipinski definition) is 1. The van der Waals surface area contributed by atoms with Crippen LogP contribution in [0.5, 0.6) is 0 Å². The fraction of sp³-hybridized carbons (Fsp3) is 0.125. The molecule has 1 aromatic heterocycles. The predicted molar refractivity (Wildman–Crippen MR) is 43.6 cm³/mol. The monoisotopic (exact) mass is 164 g/mol. The first-order valence-corrected chi connectivity index (χ1v) is 3.39. The molecule has 1 rings (SSSR count). The van der Waals surface area contributed by atoms with Crippen LogP contribution in [0.3, 0.4) is 0 Å². The third kappa shape index (κ3) is 1.66. The van der Waals surface area contributed by atoms with E-state index in [0.29, 0.717) is 11.3 Å². The molecule has 0 saturated heterocycles. The Morgan fingerprint density at radius 2 is 2.50 bits per heavy atom. The van der Waals surface area contributed by atoms with Crippen molar-refractivity contribution in [2.75, 3.05) is 0 Å². The number of carbonyl (C=O) groups excluding carboxylic acids is 1. The highest BCUT2D eigenvalue weighted by Gasteiger charge is 2.04. The first-order valence-electron chi connectivity index (χ1n) is 3.39. The van der Waals surface area contributed by atoms with E-state index < -0.39 is 0 Å². The van der Waals surface area contributed by atoms with E-state index in [1.54, 1.807) is 12.1 Å². The largest absolute Gasteiger partial charge is 0.411 e. The lowest BCUT2D eigenvalue weighted by atomic mass is 10.1. The third-order valence-electron chi connectivity index (χ3n) is 1.40. The summed E-state index contributed by atoms with van der Waals surface area (Å²) in [7, 11) is 0. The number of nitrogens with zero attached hydrogens (tertiary/aromatic N) is 2. The van der Waals surface area contributed by atoms with Gasteiger partial charge in [-0.15, -0.1) is 0 Å². The number of carbonyl (C=O) groups is 1. The van der Waals surface area contributed by atoms with E-state index in [2.05, 4.69) is 10.1 Å². The highest BCUT2D eigenvalue weighted by atomic mass is 16.4. The highest BCUT2D eigenvalue weighted by molar-refractivity contribution is 6.01. The molecule has 1 N–H and O–H groups in total. The van der Waals surface area contributed by atoms with Gasteiger partial charge in [0.05, 0.1) is 11.9 Å². The molecule has 0 unspecified atom stereocenters. The van der Waals surface area contributed by atoms with Crippen molar-refractivity contribution in [2.45, 2.75) is 6.92 Å². The zero-order valence-corrected chi connectivity index (χ0v) is 6.56. The Bertz CT molecular complexity index is 321. The molecule has 0 amide bonds. The number of aromatic nitrogens is 1. The summed E-state index contributed by atoms with van der Waals surface area (Å²) in [6, 6.07) is 3.29. The maximum atomic E-state index is 11.0. The van der Waals surface area contributed by atoms with Crippen LogP contribution in [0.15, 0.2) is 23.5 Å². The Balaban J connectivity index is 3.17. The molecule has 0 aromatic carbocycles. The molecule has 0 aliphatic carbocycles. The van der Waals surface area contributed by atoms with Crippen LogP contribution in [-0.4, -0.2) is 22.2 Å². The maximum Gasteiger partial charge on any atom is 0.162 e. The van der Waals surface area contributed by atoms with E-state index in [9.17, 15) is 4.79 Å². The number of hydrogen-bond acceptors (Lipinski definition) is 4. The molecule has 0 aliphatic rings. The van der Waals surface area contributed by atoms with E-state index in [-0.39, 0.29) is 5.78 Å². The fourth-order valence-electron chi connectivity index (χ4n) is 0.873. The summed E-state index contributed by atoms with van der Waals surface area (Å²) in [6.07, 6.45) is 2.67. The Kier molecular flexibility index (Phi) is 2.53. The van der Waals surface area contributed by atoms with Gasteiger partial charge in [-0.2, -0.15) is 0 Å². The minimum Gasteiger partial charge on any atom is -0.411 e. The molecule has 12 heavy (non-hydrogen) atoms. The van der Waals surface area contributed by atoms with Gasteiger partial charge in [0.15, 0.2) is 5.78 Å². The summed E-state index contributed by atoms with van der Waals surface area (Å²) in [5.74, 6) is -0.0991. The number of rotatable bonds is 2. The molecule has 0 atom stereocenters. The molecule has 4 heteroatoms. The van der Waals surface area contributed by atoms with Crippen molar-refractivity contribution in [3.05, 3.63) is 29.6 Å². The van der Waals surface area contributed by atoms with E-state index in [1.165, 1.54) is 13.1 Å². The summed E-state index contributed by atoms with van der Waals surface area (Å²) >= 11 is 0. The summed E-state index contributed by atoms with van der Waals surface area (Å²) in [4.78, 5) is 14.8. The summed E-state index contributed by atoms with van der Waals surface area (Å²) in [5, 5.41) is 11.1. The molecule has 62 valence electrons. The SMILES string of the molecule is CC(=O)c1cccnc1/C=N\O. The second-order valence-electron chi connectivity index (χ2n) is 2.24. The first kappa shape index (κ1) is 8.39. The van der Waals surface area contributed by atoms with Crippen LogP contribution in [0.25, 0.3) is 0 Å². The van der Waals surface area contributed by atoms with Gasteiger partial charge in [-0.3, -0.25) is 9.78 Å². The minimum atomic E-state index is -0.0991. The van der Waals surface area contributed by atoms with Gasteiger partial charge in [0.25, 0.3) is 0 Å². The van der Waals surface area contributed by atoms with Gasteiger partial charge in [-0.25, -0.2) is 0 Å². The van der Waals surface area contributed by atoms with Crippen molar-refractivity contribution >= 4 is 12.0 Å². The third-order valence-corrected chi connectivity index (χ3v) is 1.40. The lowest BCUT2D eigenvalue weighted by molar-refractivity contribution is 0.101. The van der Waals surface area contributed by atoms with Crippen LogP contribution < -0.4 is 0 Å². The standard InChI is InChI=1S/C8H8N2O2/c1-6(11)7-3-2-4-9-8(7)5-10-12/h2-5,12H,1H3/b10-5-. The number of ketones is 1. The smallest absolute Gasteiger partial charge is 0.162 e. The Labute approximate surface area is 69.6 Å². The Hall–Kier alpha value is -1.71. The molecule has 0 fully saturated rings. The zero-order valence-electron chi connectivity index (χ0n) is 6.56. The second kappa shape index (κ2) is 3.61. The van der Waals surface area contributed by atoms with E-state index in [0.717, 1.165) is 6.21 Å². The predicted octanol–water partition coefficient (Wildman–Crippen LogP) is 1.09. The molecular formula is C8H8N2O2. The van der Waals surface area contributed by atoms with Crippen molar-refractivity contribution in [1.29, 1.82) is 0 Å². The lowest BCUT2D eigenvalue weighted by Crippen LogP contribution is -2.00. The normalized spacial score (nSPS) is 10.4. The molecule has 0 radical (unpaired) electrons. The van der Waals surface area contributed by atoms with Gasteiger partial charge in [-0.05, 0) is 19.1 Å². The van der Waals surface area contributed by atoms with Crippen molar-refractivity contribution in [1.82, 2.24) is 4.98 Å². The van der Waals surface area contributed by atoms with Crippen LogP contribution in [0.1, 0.15) is 23.0 Å². The summed E-state index contributed by atoms with van der Waals surface area (Å²) in [6.45, 7) is 1.44. The average Bonchev–Trinajstić information content (AvgIpc) is 2.05. The van der Waals surface area contributed by atoms with Crippen LogP contribution in [-0.2, 0) is 0 Å². The van der Waals surface area contributed by atoms with Crippen molar-refractivity contribution in [3.8, 4) is 0 Å². The number of oxime groups is 1. The Morgan fingerprint density at radius 1 is 1.75 bits per heavy atom. The summed E-state index contributed by atoms with van der Waals surface area (Å²) in [5.41, 5.74) is 0.836. The molecule has 1 heterocycles. The molecule has 0 aliphatic heterocycles. The number of pyridine rings is 1. The van der Waals surface area contributed by atoms with E-state index in [4.69, 9.17) is 5.21 Å². The molecule has 0 spiro atoms. The highest BCUT2D eigenvalue weighted by Crippen LogP contribution is 2.03. The Morgan fingerprint density at radius 3 is 3.08 bits per heavy atom. The van der Waals surface area contributed by atoms with Crippen molar-refractivity contribution < 1.29 is 10.0 Å². The van der Waals surface area contributed by atoms with E-state index in [1.807, 2.05) is 0 Å². The summed E-state index contributed by atoms with van der Waals surface area (Å²) < 4.78 is 0. The molecular weight excluding hydrogens is 156 g/mol. The maximum absolute atomic E-state index is 11.0. The fourth-order valence-corrected chi connectivity index (χ4v) is 0.873. The van der Waals surface area contributed by atoms with Gasteiger partial charge in [0.1, 0.15) is 0 Å². The van der Waals surface area contributed by atoms with Crippen molar-refractivity contribution in [2.24, 2.45) is 5.16 Å². The van der Waals surface area contributed by atoms with Gasteiger partial charge >= 0.3 is 0 Å².